The van der Waals surface area contributed by atoms with Crippen LogP contribution < -0.4 is 4.74 Å². The molecule has 8 heteroatoms. The van der Waals surface area contributed by atoms with Crippen molar-refractivity contribution in [2.45, 2.75) is 11.5 Å². The number of rotatable bonds is 5. The first-order chi connectivity index (χ1) is 7.39. The lowest BCUT2D eigenvalue weighted by Crippen LogP contribution is -2.07. The minimum absolute atomic E-state index is 0.101. The Morgan fingerprint density at radius 2 is 1.81 bits per heavy atom. The molecule has 0 amide bonds. The molecule has 0 atom stereocenters. The molecule has 90 valence electrons. The van der Waals surface area contributed by atoms with Crippen molar-refractivity contribution in [3.63, 3.8) is 0 Å². The molecule has 0 bridgehead atoms. The maximum atomic E-state index is 11.6. The van der Waals surface area contributed by atoms with Gasteiger partial charge in [-0.15, -0.1) is 0 Å². The summed E-state index contributed by atoms with van der Waals surface area (Å²) >= 11 is 0. The first-order valence-electron chi connectivity index (χ1n) is 3.97. The summed E-state index contributed by atoms with van der Waals surface area (Å²) in [6, 6.07) is 4.95. The lowest BCUT2D eigenvalue weighted by atomic mass is 10.3. The van der Waals surface area contributed by atoms with Gasteiger partial charge in [-0.25, -0.2) is 8.42 Å². The van der Waals surface area contributed by atoms with Crippen molar-refractivity contribution in [3.05, 3.63) is 24.3 Å². The maximum Gasteiger partial charge on any atom is 0.348 e. The van der Waals surface area contributed by atoms with Gasteiger partial charge in [-0.3, -0.25) is 4.74 Å². The molecule has 0 fully saturated rings. The van der Waals surface area contributed by atoms with Crippen molar-refractivity contribution < 1.29 is 26.7 Å². The van der Waals surface area contributed by atoms with E-state index in [4.69, 9.17) is 15.4 Å². The predicted octanol–water partition coefficient (Wildman–Crippen LogP) is 2.19. The zero-order valence-electron chi connectivity index (χ0n) is 7.77. The van der Waals surface area contributed by atoms with Crippen LogP contribution in [-0.2, 0) is 13.8 Å². The van der Waals surface area contributed by atoms with Crippen LogP contribution in [0.1, 0.15) is 0 Å². The van der Waals surface area contributed by atoms with Gasteiger partial charge in [0.25, 0.3) is 9.05 Å². The van der Waals surface area contributed by atoms with E-state index in [-0.39, 0.29) is 10.6 Å². The second-order valence-electron chi connectivity index (χ2n) is 2.60. The summed E-state index contributed by atoms with van der Waals surface area (Å²) < 4.78 is 53.4. The van der Waals surface area contributed by atoms with Crippen LogP contribution in [0.3, 0.4) is 0 Å². The molecular weight excluding hydrogens is 266 g/mol. The first kappa shape index (κ1) is 13.1. The topological polar surface area (TPSA) is 52.6 Å². The van der Waals surface area contributed by atoms with E-state index >= 15 is 0 Å². The summed E-state index contributed by atoms with van der Waals surface area (Å²) in [6.07, 6.45) is 0. The van der Waals surface area contributed by atoms with Gasteiger partial charge in [0.2, 0.25) is 0 Å². The molecule has 0 heterocycles. The van der Waals surface area contributed by atoms with Crippen LogP contribution in [0.15, 0.2) is 29.2 Å². The molecule has 1 aromatic rings. The molecule has 0 aliphatic rings. The molecule has 1 aromatic carbocycles. The second-order valence-corrected chi connectivity index (χ2v) is 5.16. The molecule has 16 heavy (non-hydrogen) atoms. The number of hydrogen-bond acceptors (Lipinski definition) is 4. The van der Waals surface area contributed by atoms with Gasteiger partial charge in [-0.05, 0) is 24.3 Å². The largest absolute Gasteiger partial charge is 0.467 e. The van der Waals surface area contributed by atoms with Crippen molar-refractivity contribution in [3.8, 4) is 5.75 Å². The highest BCUT2D eigenvalue weighted by Gasteiger charge is 2.09. The van der Waals surface area contributed by atoms with E-state index in [0.717, 1.165) is 0 Å². The third kappa shape index (κ3) is 4.30. The molecule has 0 spiro atoms. The van der Waals surface area contributed by atoms with E-state index in [1.807, 2.05) is 0 Å². The summed E-state index contributed by atoms with van der Waals surface area (Å²) in [4.78, 5) is -0.101. The van der Waals surface area contributed by atoms with Crippen LogP contribution in [0, 0.1) is 0 Å². The zero-order chi connectivity index (χ0) is 12.2. The average Bonchev–Trinajstić information content (AvgIpc) is 2.16. The van der Waals surface area contributed by atoms with Crippen LogP contribution in [0.25, 0.3) is 0 Å². The Morgan fingerprint density at radius 1 is 1.25 bits per heavy atom. The van der Waals surface area contributed by atoms with Crippen LogP contribution in [-0.4, -0.2) is 21.8 Å². The molecule has 0 saturated carbocycles. The Balaban J connectivity index is 2.59. The Labute approximate surface area is 95.2 Å². The minimum Gasteiger partial charge on any atom is -0.467 e. The fraction of sp³-hybridized carbons (Fsp3) is 0.250. The van der Waals surface area contributed by atoms with Gasteiger partial charge in [-0.1, -0.05) is 0 Å². The number of halogens is 3. The molecule has 0 aliphatic carbocycles. The van der Waals surface area contributed by atoms with Crippen molar-refractivity contribution in [1.29, 1.82) is 0 Å². The number of benzene rings is 1. The van der Waals surface area contributed by atoms with Gasteiger partial charge in [0.15, 0.2) is 6.79 Å². The van der Waals surface area contributed by atoms with Gasteiger partial charge in [0.05, 0.1) is 4.90 Å². The molecule has 0 radical (unpaired) electrons. The molecule has 0 aromatic heterocycles. The van der Waals surface area contributed by atoms with Crippen LogP contribution in [0.2, 0.25) is 0 Å². The highest BCUT2D eigenvalue weighted by molar-refractivity contribution is 8.13. The van der Waals surface area contributed by atoms with E-state index in [0.29, 0.717) is 0 Å². The normalized spacial score (nSPS) is 11.8. The van der Waals surface area contributed by atoms with Crippen molar-refractivity contribution in [2.24, 2.45) is 0 Å². The molecular formula is C8H7ClF2O4S. The van der Waals surface area contributed by atoms with Gasteiger partial charge in [0, 0.05) is 10.7 Å². The van der Waals surface area contributed by atoms with Crippen molar-refractivity contribution >= 4 is 19.7 Å². The Hall–Kier alpha value is -0.920. The summed E-state index contributed by atoms with van der Waals surface area (Å²) in [7, 11) is 1.28. The van der Waals surface area contributed by atoms with Gasteiger partial charge in [-0.2, -0.15) is 8.78 Å². The molecule has 4 nitrogen and oxygen atoms in total. The fourth-order valence-electron chi connectivity index (χ4n) is 0.852. The number of ether oxygens (including phenoxy) is 2. The standard InChI is InChI=1S/C8H7ClF2O4S/c9-16(12,13)7-3-1-6(2-4-7)14-5-15-8(10)11/h1-4,8H,5H2. The summed E-state index contributed by atoms with van der Waals surface area (Å²) in [6.45, 7) is -3.53. The molecule has 0 unspecified atom stereocenters. The summed E-state index contributed by atoms with van der Waals surface area (Å²) in [5.74, 6) is 0.199. The van der Waals surface area contributed by atoms with E-state index in [2.05, 4.69) is 4.74 Å². The monoisotopic (exact) mass is 272 g/mol. The second kappa shape index (κ2) is 5.42. The average molecular weight is 273 g/mol. The Bertz CT molecular complexity index is 432. The number of hydrogen-bond donors (Lipinski definition) is 0. The molecule has 0 N–H and O–H groups in total. The van der Waals surface area contributed by atoms with E-state index < -0.39 is 22.5 Å². The highest BCUT2D eigenvalue weighted by atomic mass is 35.7. The maximum absolute atomic E-state index is 11.6. The SMILES string of the molecule is O=S(=O)(Cl)c1ccc(OCOC(F)F)cc1. The van der Waals surface area contributed by atoms with E-state index in [1.165, 1.54) is 24.3 Å². The van der Waals surface area contributed by atoms with E-state index in [1.54, 1.807) is 0 Å². The number of alkyl halides is 2. The van der Waals surface area contributed by atoms with Crippen LogP contribution in [0.4, 0.5) is 8.78 Å². The lowest BCUT2D eigenvalue weighted by molar-refractivity contribution is -0.167. The lowest BCUT2D eigenvalue weighted by Gasteiger charge is -2.06. The van der Waals surface area contributed by atoms with E-state index in [9.17, 15) is 17.2 Å². The quantitative estimate of drug-likeness (QED) is 0.609. The van der Waals surface area contributed by atoms with Crippen molar-refractivity contribution in [1.82, 2.24) is 0 Å². The highest BCUT2D eigenvalue weighted by Crippen LogP contribution is 2.19. The molecule has 0 saturated heterocycles. The fourth-order valence-corrected chi connectivity index (χ4v) is 1.62. The predicted molar refractivity (Wildman–Crippen MR) is 52.1 cm³/mol. The minimum atomic E-state index is -3.79. The summed E-state index contributed by atoms with van der Waals surface area (Å²) in [5, 5.41) is 0. The third-order valence-corrected chi connectivity index (χ3v) is 2.89. The van der Waals surface area contributed by atoms with Crippen molar-refractivity contribution in [2.75, 3.05) is 6.79 Å². The zero-order valence-corrected chi connectivity index (χ0v) is 9.34. The molecule has 1 rings (SSSR count). The summed E-state index contributed by atoms with van der Waals surface area (Å²) in [5.41, 5.74) is 0. The van der Waals surface area contributed by atoms with Gasteiger partial charge < -0.3 is 4.74 Å². The smallest absolute Gasteiger partial charge is 0.348 e. The van der Waals surface area contributed by atoms with Gasteiger partial charge in [0.1, 0.15) is 5.75 Å². The Morgan fingerprint density at radius 3 is 2.25 bits per heavy atom. The van der Waals surface area contributed by atoms with Crippen LogP contribution in [0.5, 0.6) is 5.75 Å². The Kier molecular flexibility index (Phi) is 4.45. The first-order valence-corrected chi connectivity index (χ1v) is 6.28. The molecule has 0 aliphatic heterocycles. The third-order valence-electron chi connectivity index (χ3n) is 1.52. The van der Waals surface area contributed by atoms with Crippen LogP contribution >= 0.6 is 10.7 Å². The van der Waals surface area contributed by atoms with Gasteiger partial charge >= 0.3 is 6.61 Å².